The second kappa shape index (κ2) is 7.10. The molecule has 0 bridgehead atoms. The van der Waals surface area contributed by atoms with Gasteiger partial charge in [-0.05, 0) is 73.0 Å². The minimum atomic E-state index is -4.59. The number of aromatic nitrogens is 2. The van der Waals surface area contributed by atoms with Crippen molar-refractivity contribution in [3.05, 3.63) is 77.2 Å². The number of hydrogen-bond acceptors (Lipinski definition) is 5. The third-order valence-corrected chi connectivity index (χ3v) is 6.05. The Hall–Kier alpha value is -3.81. The van der Waals surface area contributed by atoms with Crippen molar-refractivity contribution in [1.82, 2.24) is 9.97 Å². The molecule has 5 rings (SSSR count). The highest BCUT2D eigenvalue weighted by atomic mass is 19.4. The van der Waals surface area contributed by atoms with E-state index < -0.39 is 11.6 Å². The first-order valence-electron chi connectivity index (χ1n) is 10.2. The number of oxazole rings is 2. The number of alkyl halides is 3. The molecule has 0 aliphatic carbocycles. The lowest BCUT2D eigenvalue weighted by Gasteiger charge is -2.33. The van der Waals surface area contributed by atoms with E-state index in [2.05, 4.69) is 9.97 Å². The van der Waals surface area contributed by atoms with Gasteiger partial charge in [-0.3, -0.25) is 0 Å². The van der Waals surface area contributed by atoms with Crippen molar-refractivity contribution >= 4 is 22.2 Å². The van der Waals surface area contributed by atoms with Crippen molar-refractivity contribution in [2.75, 3.05) is 0 Å². The molecule has 0 saturated heterocycles. The highest BCUT2D eigenvalue weighted by molar-refractivity contribution is 5.79. The van der Waals surface area contributed by atoms with Gasteiger partial charge in [0.2, 0.25) is 5.89 Å². The van der Waals surface area contributed by atoms with Crippen molar-refractivity contribution < 1.29 is 27.1 Å². The highest BCUT2D eigenvalue weighted by Crippen LogP contribution is 2.47. The number of hydrogen-bond donors (Lipinski definition) is 1. The minimum Gasteiger partial charge on any atom is -0.508 e. The zero-order chi connectivity index (χ0) is 23.5. The van der Waals surface area contributed by atoms with E-state index in [1.165, 1.54) is 42.5 Å². The molecule has 33 heavy (non-hydrogen) atoms. The third kappa shape index (κ3) is 3.33. The minimum absolute atomic E-state index is 0.0313. The van der Waals surface area contributed by atoms with Gasteiger partial charge in [-0.1, -0.05) is 12.1 Å². The normalized spacial score (nSPS) is 14.1. The molecule has 2 heterocycles. The topological polar surface area (TPSA) is 72.3 Å². The lowest BCUT2D eigenvalue weighted by Crippen LogP contribution is -2.40. The predicted molar refractivity (Wildman–Crippen MR) is 117 cm³/mol. The Kier molecular flexibility index (Phi) is 4.53. The van der Waals surface area contributed by atoms with Crippen LogP contribution in [0.15, 0.2) is 63.4 Å². The van der Waals surface area contributed by atoms with Crippen molar-refractivity contribution in [3.8, 4) is 17.2 Å². The summed E-state index contributed by atoms with van der Waals surface area (Å²) < 4.78 is 54.8. The van der Waals surface area contributed by atoms with Crippen LogP contribution in [0.2, 0.25) is 0 Å². The first kappa shape index (κ1) is 21.1. The fourth-order valence-electron chi connectivity index (χ4n) is 4.00. The van der Waals surface area contributed by atoms with E-state index in [1.807, 2.05) is 0 Å². The maximum atomic E-state index is 14.5. The van der Waals surface area contributed by atoms with Gasteiger partial charge in [0.15, 0.2) is 17.1 Å². The van der Waals surface area contributed by atoms with Crippen molar-refractivity contribution in [2.45, 2.75) is 32.4 Å². The summed E-state index contributed by atoms with van der Waals surface area (Å²) in [4.78, 5) is 8.60. The van der Waals surface area contributed by atoms with E-state index >= 15 is 0 Å². The molecule has 0 saturated carbocycles. The van der Waals surface area contributed by atoms with E-state index in [0.29, 0.717) is 39.2 Å². The first-order chi connectivity index (χ1) is 15.6. The zero-order valence-electron chi connectivity index (χ0n) is 18.0. The van der Waals surface area contributed by atoms with Crippen LogP contribution in [0.1, 0.15) is 29.5 Å². The van der Waals surface area contributed by atoms with Gasteiger partial charge in [0.1, 0.15) is 22.2 Å². The number of aryl methyl sites for hydroxylation is 2. The number of rotatable bonds is 3. The summed E-state index contributed by atoms with van der Waals surface area (Å²) in [6.07, 6.45) is -4.59. The summed E-state index contributed by atoms with van der Waals surface area (Å²) >= 11 is 0. The molecule has 2 aromatic heterocycles. The van der Waals surface area contributed by atoms with Crippen LogP contribution < -0.4 is 0 Å². The Morgan fingerprint density at radius 3 is 2.00 bits per heavy atom. The highest BCUT2D eigenvalue weighted by Gasteiger charge is 2.53. The summed E-state index contributed by atoms with van der Waals surface area (Å²) in [7, 11) is 0. The molecule has 0 spiro atoms. The number of nitrogens with zero attached hydrogens (tertiary/aromatic N) is 2. The molecule has 168 valence electrons. The van der Waals surface area contributed by atoms with E-state index in [4.69, 9.17) is 8.83 Å². The smallest absolute Gasteiger partial charge is 0.402 e. The molecule has 0 aliphatic heterocycles. The fourth-order valence-corrected chi connectivity index (χ4v) is 4.00. The van der Waals surface area contributed by atoms with Gasteiger partial charge < -0.3 is 13.9 Å². The monoisotopic (exact) mass is 452 g/mol. The Morgan fingerprint density at radius 2 is 1.39 bits per heavy atom. The fraction of sp³-hybridized carbons (Fsp3) is 0.200. The van der Waals surface area contributed by atoms with Gasteiger partial charge in [0.25, 0.3) is 0 Å². The maximum absolute atomic E-state index is 14.5. The van der Waals surface area contributed by atoms with Gasteiger partial charge in [-0.25, -0.2) is 9.97 Å². The molecule has 0 radical (unpaired) electrons. The van der Waals surface area contributed by atoms with Crippen LogP contribution in [-0.4, -0.2) is 21.3 Å². The summed E-state index contributed by atoms with van der Waals surface area (Å²) in [5, 5.41) is 9.74. The van der Waals surface area contributed by atoms with Crippen LogP contribution in [0.25, 0.3) is 33.7 Å². The number of fused-ring (bicyclic) bond motifs is 2. The lowest BCUT2D eigenvalue weighted by atomic mass is 9.75. The molecule has 8 heteroatoms. The van der Waals surface area contributed by atoms with Crippen LogP contribution >= 0.6 is 0 Å². The quantitative estimate of drug-likeness (QED) is 0.325. The van der Waals surface area contributed by atoms with Gasteiger partial charge in [0, 0.05) is 12.5 Å². The average molecular weight is 452 g/mol. The van der Waals surface area contributed by atoms with E-state index in [0.717, 1.165) is 6.92 Å². The molecule has 1 atom stereocenters. The first-order valence-corrected chi connectivity index (χ1v) is 10.2. The molecular weight excluding hydrogens is 433 g/mol. The second-order valence-corrected chi connectivity index (χ2v) is 8.24. The second-order valence-electron chi connectivity index (χ2n) is 8.24. The van der Waals surface area contributed by atoms with E-state index in [1.54, 1.807) is 26.0 Å². The molecule has 1 unspecified atom stereocenters. The predicted octanol–water partition coefficient (Wildman–Crippen LogP) is 6.83. The standard InChI is InChI=1S/C25H19F3N2O3/c1-13-10-15(4-7-20(13)31)23-30-19-12-17(6-9-22(19)33-23)24(3,25(26,27)28)16-5-8-21-18(11-16)29-14(2)32-21/h4-12,31H,1-3H3. The summed E-state index contributed by atoms with van der Waals surface area (Å²) in [6, 6.07) is 13.5. The Bertz CT molecular complexity index is 1520. The lowest BCUT2D eigenvalue weighted by molar-refractivity contribution is -0.173. The van der Waals surface area contributed by atoms with Gasteiger partial charge in [-0.15, -0.1) is 0 Å². The van der Waals surface area contributed by atoms with Crippen LogP contribution in [0.4, 0.5) is 13.2 Å². The number of phenolic OH excluding ortho intramolecular Hbond substituents is 1. The third-order valence-electron chi connectivity index (χ3n) is 6.05. The van der Waals surface area contributed by atoms with Gasteiger partial charge in [-0.2, -0.15) is 13.2 Å². The molecule has 5 aromatic rings. The van der Waals surface area contributed by atoms with Gasteiger partial charge in [0.05, 0.1) is 0 Å². The van der Waals surface area contributed by atoms with Gasteiger partial charge >= 0.3 is 6.18 Å². The summed E-state index contributed by atoms with van der Waals surface area (Å²) in [6.45, 7) is 4.53. The zero-order valence-corrected chi connectivity index (χ0v) is 18.0. The number of halogens is 3. The number of phenols is 1. The maximum Gasteiger partial charge on any atom is 0.402 e. The molecule has 3 aromatic carbocycles. The molecule has 5 nitrogen and oxygen atoms in total. The summed E-state index contributed by atoms with van der Waals surface area (Å²) in [5.41, 5.74) is 0.503. The van der Waals surface area contributed by atoms with Crippen LogP contribution in [0.5, 0.6) is 5.75 Å². The average Bonchev–Trinajstić information content (AvgIpc) is 3.35. The summed E-state index contributed by atoms with van der Waals surface area (Å²) in [5.74, 6) is 0.785. The Morgan fingerprint density at radius 1 is 0.788 bits per heavy atom. The van der Waals surface area contributed by atoms with Crippen LogP contribution in [-0.2, 0) is 5.41 Å². The molecule has 1 N–H and O–H groups in total. The van der Waals surface area contributed by atoms with E-state index in [9.17, 15) is 18.3 Å². The van der Waals surface area contributed by atoms with E-state index in [-0.39, 0.29) is 22.8 Å². The molecule has 0 fully saturated rings. The molecule has 0 aliphatic rings. The number of benzene rings is 3. The van der Waals surface area contributed by atoms with Crippen molar-refractivity contribution in [3.63, 3.8) is 0 Å². The molecular formula is C25H19F3N2O3. The van der Waals surface area contributed by atoms with Crippen molar-refractivity contribution in [2.24, 2.45) is 0 Å². The largest absolute Gasteiger partial charge is 0.508 e. The Labute approximate surface area is 186 Å². The van der Waals surface area contributed by atoms with Crippen molar-refractivity contribution in [1.29, 1.82) is 0 Å². The van der Waals surface area contributed by atoms with Crippen LogP contribution in [0, 0.1) is 13.8 Å². The van der Waals surface area contributed by atoms with Crippen LogP contribution in [0.3, 0.4) is 0 Å². The number of aromatic hydroxyl groups is 1. The Balaban J connectivity index is 1.65. The SMILES string of the molecule is Cc1nc2cc(C(C)(c3ccc4oc(-c5ccc(O)c(C)c5)nc4c3)C(F)(F)F)ccc2o1. The molecule has 0 amide bonds.